The summed E-state index contributed by atoms with van der Waals surface area (Å²) in [6.07, 6.45) is 3.60. The maximum Gasteiger partial charge on any atom is 0.179 e. The molecule has 110 valence electrons. The van der Waals surface area contributed by atoms with Crippen LogP contribution in [-0.2, 0) is 6.54 Å². The normalized spacial score (nSPS) is 14.8. The summed E-state index contributed by atoms with van der Waals surface area (Å²) >= 11 is 6.24. The van der Waals surface area contributed by atoms with Crippen LogP contribution in [0.15, 0.2) is 36.7 Å². The summed E-state index contributed by atoms with van der Waals surface area (Å²) in [6.45, 7) is 3.94. The molecule has 0 spiro atoms. The molecule has 0 amide bonds. The Hall–Kier alpha value is -1.78. The third-order valence-electron chi connectivity index (χ3n) is 3.48. The van der Waals surface area contributed by atoms with E-state index in [1.165, 1.54) is 5.56 Å². The summed E-state index contributed by atoms with van der Waals surface area (Å²) in [5, 5.41) is 4.06. The third kappa shape index (κ3) is 3.28. The van der Waals surface area contributed by atoms with Crippen molar-refractivity contribution < 1.29 is 9.47 Å². The zero-order valence-corrected chi connectivity index (χ0v) is 12.6. The third-order valence-corrected chi connectivity index (χ3v) is 3.76. The fourth-order valence-corrected chi connectivity index (χ4v) is 2.60. The summed E-state index contributed by atoms with van der Waals surface area (Å²) < 4.78 is 11.1. The van der Waals surface area contributed by atoms with Crippen LogP contribution in [0.5, 0.6) is 11.5 Å². The second kappa shape index (κ2) is 6.33. The van der Waals surface area contributed by atoms with Crippen molar-refractivity contribution in [3.8, 4) is 11.5 Å². The summed E-state index contributed by atoms with van der Waals surface area (Å²) in [6, 6.07) is 8.15. The molecule has 1 N–H and O–H groups in total. The number of benzene rings is 1. The zero-order valence-electron chi connectivity index (χ0n) is 11.8. The Morgan fingerprint density at radius 1 is 1.24 bits per heavy atom. The molecule has 2 heterocycles. The van der Waals surface area contributed by atoms with Crippen molar-refractivity contribution in [1.82, 2.24) is 10.3 Å². The quantitative estimate of drug-likeness (QED) is 0.940. The molecule has 1 aliphatic heterocycles. The van der Waals surface area contributed by atoms with Gasteiger partial charge in [0.2, 0.25) is 0 Å². The minimum Gasteiger partial charge on any atom is -0.486 e. The first-order chi connectivity index (χ1) is 10.2. The molecule has 0 bridgehead atoms. The lowest BCUT2D eigenvalue weighted by molar-refractivity contribution is 0.171. The van der Waals surface area contributed by atoms with E-state index in [0.29, 0.717) is 30.5 Å². The first-order valence-corrected chi connectivity index (χ1v) is 7.33. The number of aromatic nitrogens is 1. The monoisotopic (exact) mass is 304 g/mol. The highest BCUT2D eigenvalue weighted by Gasteiger charge is 2.16. The van der Waals surface area contributed by atoms with Crippen molar-refractivity contribution in [2.75, 3.05) is 13.2 Å². The second-order valence-corrected chi connectivity index (χ2v) is 5.39. The molecule has 0 saturated carbocycles. The van der Waals surface area contributed by atoms with Gasteiger partial charge in [0.1, 0.15) is 13.2 Å². The van der Waals surface area contributed by atoms with Crippen LogP contribution in [0.2, 0.25) is 5.02 Å². The highest BCUT2D eigenvalue weighted by molar-refractivity contribution is 6.32. The van der Waals surface area contributed by atoms with Crippen molar-refractivity contribution in [1.29, 1.82) is 0 Å². The van der Waals surface area contributed by atoms with E-state index in [1.54, 1.807) is 12.4 Å². The van der Waals surface area contributed by atoms with Gasteiger partial charge in [0.25, 0.3) is 0 Å². The predicted octanol–water partition coefficient (Wildman–Crippen LogP) is 3.36. The maximum atomic E-state index is 6.24. The van der Waals surface area contributed by atoms with E-state index in [0.717, 1.165) is 11.3 Å². The van der Waals surface area contributed by atoms with Crippen LogP contribution >= 0.6 is 11.6 Å². The molecule has 0 radical (unpaired) electrons. The predicted molar refractivity (Wildman–Crippen MR) is 81.9 cm³/mol. The molecule has 2 aromatic rings. The fourth-order valence-electron chi connectivity index (χ4n) is 2.31. The van der Waals surface area contributed by atoms with Gasteiger partial charge < -0.3 is 14.8 Å². The smallest absolute Gasteiger partial charge is 0.179 e. The van der Waals surface area contributed by atoms with Crippen molar-refractivity contribution in [3.63, 3.8) is 0 Å². The molecule has 1 aliphatic rings. The maximum absolute atomic E-state index is 6.24. The number of halogens is 1. The van der Waals surface area contributed by atoms with Crippen LogP contribution < -0.4 is 14.8 Å². The molecule has 1 aromatic heterocycles. The molecule has 0 saturated heterocycles. The van der Waals surface area contributed by atoms with Crippen LogP contribution in [0, 0.1) is 0 Å². The van der Waals surface area contributed by atoms with Gasteiger partial charge in [0.05, 0.1) is 5.02 Å². The van der Waals surface area contributed by atoms with Gasteiger partial charge in [0.15, 0.2) is 11.5 Å². The topological polar surface area (TPSA) is 43.4 Å². The van der Waals surface area contributed by atoms with E-state index in [4.69, 9.17) is 21.1 Å². The van der Waals surface area contributed by atoms with Gasteiger partial charge in [-0.25, -0.2) is 0 Å². The number of nitrogens with one attached hydrogen (secondary N) is 1. The number of hydrogen-bond acceptors (Lipinski definition) is 4. The van der Waals surface area contributed by atoms with E-state index >= 15 is 0 Å². The second-order valence-electron chi connectivity index (χ2n) is 4.98. The molecule has 1 atom stereocenters. The molecular formula is C16H17ClN2O2. The Balaban J connectivity index is 1.69. The number of rotatable bonds is 4. The number of pyridine rings is 1. The summed E-state index contributed by atoms with van der Waals surface area (Å²) in [5.41, 5.74) is 2.28. The lowest BCUT2D eigenvalue weighted by atomic mass is 10.1. The Bertz CT molecular complexity index is 619. The first-order valence-electron chi connectivity index (χ1n) is 6.95. The van der Waals surface area contributed by atoms with Gasteiger partial charge in [0, 0.05) is 25.0 Å². The van der Waals surface area contributed by atoms with Gasteiger partial charge in [-0.2, -0.15) is 0 Å². The van der Waals surface area contributed by atoms with E-state index in [2.05, 4.69) is 17.2 Å². The number of nitrogens with zero attached hydrogens (tertiary/aromatic N) is 1. The van der Waals surface area contributed by atoms with Crippen molar-refractivity contribution in [2.24, 2.45) is 0 Å². The molecule has 4 nitrogen and oxygen atoms in total. The van der Waals surface area contributed by atoms with Crippen LogP contribution in [0.4, 0.5) is 0 Å². The fraction of sp³-hybridized carbons (Fsp3) is 0.312. The van der Waals surface area contributed by atoms with E-state index in [9.17, 15) is 0 Å². The van der Waals surface area contributed by atoms with Gasteiger partial charge in [-0.15, -0.1) is 0 Å². The summed E-state index contributed by atoms with van der Waals surface area (Å²) in [5.74, 6) is 1.37. The molecule has 1 unspecified atom stereocenters. The van der Waals surface area contributed by atoms with E-state index in [-0.39, 0.29) is 6.04 Å². The van der Waals surface area contributed by atoms with Crippen LogP contribution in [0.3, 0.4) is 0 Å². The largest absolute Gasteiger partial charge is 0.486 e. The average molecular weight is 305 g/mol. The van der Waals surface area contributed by atoms with Crippen LogP contribution in [-0.4, -0.2) is 18.2 Å². The Morgan fingerprint density at radius 2 is 2.00 bits per heavy atom. The van der Waals surface area contributed by atoms with Crippen molar-refractivity contribution in [3.05, 3.63) is 52.8 Å². The molecular weight excluding hydrogens is 288 g/mol. The molecule has 0 aliphatic carbocycles. The van der Waals surface area contributed by atoms with Crippen molar-refractivity contribution >= 4 is 11.6 Å². The number of fused-ring (bicyclic) bond motifs is 1. The molecule has 0 fully saturated rings. The molecule has 1 aromatic carbocycles. The Kier molecular flexibility index (Phi) is 4.27. The molecule has 21 heavy (non-hydrogen) atoms. The highest BCUT2D eigenvalue weighted by Crippen LogP contribution is 2.38. The van der Waals surface area contributed by atoms with Crippen LogP contribution in [0.1, 0.15) is 24.1 Å². The standard InChI is InChI=1S/C16H17ClN2O2/c1-11(13-2-4-18-5-3-13)19-10-12-8-14(17)16-15(9-12)20-6-7-21-16/h2-5,8-9,11,19H,6-7,10H2,1H3. The first kappa shape index (κ1) is 14.2. The Labute approximate surface area is 129 Å². The summed E-state index contributed by atoms with van der Waals surface area (Å²) in [7, 11) is 0. The minimum atomic E-state index is 0.236. The highest BCUT2D eigenvalue weighted by atomic mass is 35.5. The number of hydrogen-bond donors (Lipinski definition) is 1. The Morgan fingerprint density at radius 3 is 2.81 bits per heavy atom. The SMILES string of the molecule is CC(NCc1cc(Cl)c2c(c1)OCCO2)c1ccncc1. The molecule has 3 rings (SSSR count). The van der Waals surface area contributed by atoms with E-state index < -0.39 is 0 Å². The van der Waals surface area contributed by atoms with Gasteiger partial charge in [-0.3, -0.25) is 4.98 Å². The van der Waals surface area contributed by atoms with Gasteiger partial charge in [-0.1, -0.05) is 11.6 Å². The lowest BCUT2D eigenvalue weighted by Crippen LogP contribution is -2.19. The van der Waals surface area contributed by atoms with E-state index in [1.807, 2.05) is 24.3 Å². The minimum absolute atomic E-state index is 0.236. The summed E-state index contributed by atoms with van der Waals surface area (Å²) in [4.78, 5) is 4.03. The number of ether oxygens (including phenoxy) is 2. The molecule has 5 heteroatoms. The van der Waals surface area contributed by atoms with Gasteiger partial charge in [-0.05, 0) is 42.3 Å². The zero-order chi connectivity index (χ0) is 14.7. The van der Waals surface area contributed by atoms with Crippen LogP contribution in [0.25, 0.3) is 0 Å². The van der Waals surface area contributed by atoms with Crippen molar-refractivity contribution in [2.45, 2.75) is 19.5 Å². The lowest BCUT2D eigenvalue weighted by Gasteiger charge is -2.21. The van der Waals surface area contributed by atoms with Gasteiger partial charge >= 0.3 is 0 Å². The average Bonchev–Trinajstić information content (AvgIpc) is 2.53.